The number of carboxylic acid groups (broad SMARTS) is 2. The van der Waals surface area contributed by atoms with Crippen molar-refractivity contribution in [2.75, 3.05) is 6.54 Å². The second-order valence-corrected chi connectivity index (χ2v) is 8.81. The Labute approximate surface area is 194 Å². The Morgan fingerprint density at radius 1 is 0.818 bits per heavy atom. The Balaban J connectivity index is 5.43. The van der Waals surface area contributed by atoms with Gasteiger partial charge in [-0.1, -0.05) is 27.7 Å². The first-order chi connectivity index (χ1) is 15.3. The van der Waals surface area contributed by atoms with Crippen LogP contribution in [0.3, 0.4) is 0 Å². The summed E-state index contributed by atoms with van der Waals surface area (Å²) in [6.45, 7) is 7.51. The normalized spacial score (nSPS) is 14.8. The molecule has 0 aromatic carbocycles. The number of hydrogen-bond acceptors (Lipinski definition) is 7. The first kappa shape index (κ1) is 30.3. The zero-order valence-corrected chi connectivity index (χ0v) is 19.8. The highest BCUT2D eigenvalue weighted by molar-refractivity contribution is 5.94. The average Bonchev–Trinajstić information content (AvgIpc) is 2.69. The molecule has 9 N–H and O–H groups in total. The van der Waals surface area contributed by atoms with Gasteiger partial charge in [-0.05, 0) is 44.1 Å². The Bertz CT molecular complexity index is 684. The van der Waals surface area contributed by atoms with Crippen LogP contribution in [-0.4, -0.2) is 70.6 Å². The maximum Gasteiger partial charge on any atom is 0.326 e. The third-order valence-corrected chi connectivity index (χ3v) is 4.88. The molecule has 190 valence electrons. The molecular formula is C21H39N5O7. The van der Waals surface area contributed by atoms with E-state index in [9.17, 15) is 24.0 Å². The third kappa shape index (κ3) is 12.2. The lowest BCUT2D eigenvalue weighted by atomic mass is 10.0. The second kappa shape index (κ2) is 15.2. The number of nitrogens with two attached hydrogens (primary N) is 2. The summed E-state index contributed by atoms with van der Waals surface area (Å²) in [6, 6.07) is -4.56. The molecule has 0 rings (SSSR count). The van der Waals surface area contributed by atoms with Crippen LogP contribution in [0.2, 0.25) is 0 Å². The number of hydrogen-bond donors (Lipinski definition) is 7. The van der Waals surface area contributed by atoms with Crippen molar-refractivity contribution in [3.8, 4) is 0 Å². The molecular weight excluding hydrogens is 434 g/mol. The molecule has 4 unspecified atom stereocenters. The lowest BCUT2D eigenvalue weighted by molar-refractivity contribution is -0.147. The van der Waals surface area contributed by atoms with Crippen molar-refractivity contribution in [3.63, 3.8) is 0 Å². The molecule has 0 spiro atoms. The van der Waals surface area contributed by atoms with E-state index in [1.165, 1.54) is 0 Å². The van der Waals surface area contributed by atoms with Gasteiger partial charge in [-0.3, -0.25) is 19.2 Å². The number of carboxylic acids is 2. The molecule has 0 aliphatic rings. The first-order valence-electron chi connectivity index (χ1n) is 11.1. The lowest BCUT2D eigenvalue weighted by Gasteiger charge is -2.27. The van der Waals surface area contributed by atoms with Crippen LogP contribution in [0, 0.1) is 11.8 Å². The minimum absolute atomic E-state index is 0.178. The van der Waals surface area contributed by atoms with Crippen LogP contribution in [0.25, 0.3) is 0 Å². The van der Waals surface area contributed by atoms with E-state index in [2.05, 4.69) is 16.0 Å². The first-order valence-corrected chi connectivity index (χ1v) is 11.1. The second-order valence-electron chi connectivity index (χ2n) is 8.81. The smallest absolute Gasteiger partial charge is 0.326 e. The van der Waals surface area contributed by atoms with Gasteiger partial charge in [-0.25, -0.2) is 4.79 Å². The van der Waals surface area contributed by atoms with E-state index >= 15 is 0 Å². The topological polar surface area (TPSA) is 214 Å². The molecule has 3 amide bonds. The molecule has 0 saturated carbocycles. The highest BCUT2D eigenvalue weighted by atomic mass is 16.4. The van der Waals surface area contributed by atoms with E-state index in [4.69, 9.17) is 21.7 Å². The van der Waals surface area contributed by atoms with Crippen LogP contribution in [-0.2, 0) is 24.0 Å². The van der Waals surface area contributed by atoms with Gasteiger partial charge in [0.2, 0.25) is 17.7 Å². The van der Waals surface area contributed by atoms with Gasteiger partial charge in [0, 0.05) is 0 Å². The maximum absolute atomic E-state index is 12.9. The summed E-state index contributed by atoms with van der Waals surface area (Å²) in [7, 11) is 0. The fourth-order valence-corrected chi connectivity index (χ4v) is 3.08. The van der Waals surface area contributed by atoms with Gasteiger partial charge in [0.1, 0.15) is 18.1 Å². The third-order valence-electron chi connectivity index (χ3n) is 4.88. The van der Waals surface area contributed by atoms with Crippen LogP contribution < -0.4 is 27.4 Å². The van der Waals surface area contributed by atoms with Gasteiger partial charge in [-0.15, -0.1) is 0 Å². The Morgan fingerprint density at radius 2 is 1.39 bits per heavy atom. The monoisotopic (exact) mass is 473 g/mol. The number of nitrogens with one attached hydrogen (secondary N) is 3. The van der Waals surface area contributed by atoms with Crippen molar-refractivity contribution in [2.45, 2.75) is 84.0 Å². The molecule has 0 bridgehead atoms. The van der Waals surface area contributed by atoms with Crippen molar-refractivity contribution >= 4 is 29.7 Å². The fourth-order valence-electron chi connectivity index (χ4n) is 3.08. The number of amides is 3. The summed E-state index contributed by atoms with van der Waals surface area (Å²) >= 11 is 0. The largest absolute Gasteiger partial charge is 0.481 e. The number of rotatable bonds is 16. The van der Waals surface area contributed by atoms with Crippen LogP contribution in [0.15, 0.2) is 0 Å². The molecule has 12 heteroatoms. The standard InChI is InChI=1S/C21H39N5O7/c1-11(2)9-13(23)18(29)24-14(7-5-6-8-22)19(30)26-17(12(3)4)20(31)25-15(21(32)33)10-16(27)28/h11-15,17H,5-10,22-23H2,1-4H3,(H,24,29)(H,25,31)(H,26,30)(H,27,28)(H,32,33). The maximum atomic E-state index is 12.9. The molecule has 12 nitrogen and oxygen atoms in total. The number of carbonyl (C=O) groups is 5. The number of carbonyl (C=O) groups excluding carboxylic acids is 3. The summed E-state index contributed by atoms with van der Waals surface area (Å²) in [4.78, 5) is 60.2. The van der Waals surface area contributed by atoms with E-state index < -0.39 is 66.2 Å². The minimum atomic E-state index is -1.65. The van der Waals surface area contributed by atoms with E-state index in [0.717, 1.165) is 0 Å². The molecule has 0 fully saturated rings. The molecule has 0 aromatic heterocycles. The summed E-state index contributed by atoms with van der Waals surface area (Å²) in [6.07, 6.45) is 1.06. The zero-order valence-electron chi connectivity index (χ0n) is 19.8. The van der Waals surface area contributed by atoms with Crippen molar-refractivity contribution in [1.29, 1.82) is 0 Å². The molecule has 4 atom stereocenters. The summed E-state index contributed by atoms with van der Waals surface area (Å²) in [5.41, 5.74) is 11.4. The molecule has 0 aliphatic carbocycles. The van der Waals surface area contributed by atoms with Gasteiger partial charge < -0.3 is 37.6 Å². The van der Waals surface area contributed by atoms with Gasteiger partial charge in [0.15, 0.2) is 0 Å². The van der Waals surface area contributed by atoms with Crippen LogP contribution in [0.1, 0.15) is 59.8 Å². The van der Waals surface area contributed by atoms with Crippen LogP contribution in [0.4, 0.5) is 0 Å². The molecule has 0 heterocycles. The van der Waals surface area contributed by atoms with E-state index in [1.54, 1.807) is 13.8 Å². The predicted molar refractivity (Wildman–Crippen MR) is 121 cm³/mol. The quantitative estimate of drug-likeness (QED) is 0.139. The van der Waals surface area contributed by atoms with Gasteiger partial charge in [0.05, 0.1) is 12.5 Å². The SMILES string of the molecule is CC(C)CC(N)C(=O)NC(CCCCN)C(=O)NC(C(=O)NC(CC(=O)O)C(=O)O)C(C)C. The predicted octanol–water partition coefficient (Wildman–Crippen LogP) is -0.841. The van der Waals surface area contributed by atoms with Crippen molar-refractivity contribution in [3.05, 3.63) is 0 Å². The summed E-state index contributed by atoms with van der Waals surface area (Å²) < 4.78 is 0. The highest BCUT2D eigenvalue weighted by Crippen LogP contribution is 2.08. The Hall–Kier alpha value is -2.73. The molecule has 0 saturated heterocycles. The fraction of sp³-hybridized carbons (Fsp3) is 0.762. The van der Waals surface area contributed by atoms with Crippen molar-refractivity contribution in [1.82, 2.24) is 16.0 Å². The average molecular weight is 474 g/mol. The molecule has 0 radical (unpaired) electrons. The number of unbranched alkanes of at least 4 members (excludes halogenated alkanes) is 1. The van der Waals surface area contributed by atoms with E-state index in [-0.39, 0.29) is 12.3 Å². The minimum Gasteiger partial charge on any atom is -0.481 e. The van der Waals surface area contributed by atoms with E-state index in [1.807, 2.05) is 13.8 Å². The lowest BCUT2D eigenvalue weighted by Crippen LogP contribution is -2.58. The van der Waals surface area contributed by atoms with Gasteiger partial charge in [-0.2, -0.15) is 0 Å². The van der Waals surface area contributed by atoms with Crippen LogP contribution in [0.5, 0.6) is 0 Å². The van der Waals surface area contributed by atoms with Gasteiger partial charge >= 0.3 is 11.9 Å². The summed E-state index contributed by atoms with van der Waals surface area (Å²) in [5, 5.41) is 25.3. The Morgan fingerprint density at radius 3 is 1.85 bits per heavy atom. The summed E-state index contributed by atoms with van der Waals surface area (Å²) in [5.74, 6) is -5.13. The van der Waals surface area contributed by atoms with Gasteiger partial charge in [0.25, 0.3) is 0 Å². The molecule has 33 heavy (non-hydrogen) atoms. The Kier molecular flexibility index (Phi) is 13.9. The number of aliphatic carboxylic acids is 2. The highest BCUT2D eigenvalue weighted by Gasteiger charge is 2.32. The zero-order chi connectivity index (χ0) is 25.7. The van der Waals surface area contributed by atoms with Crippen molar-refractivity contribution in [2.24, 2.45) is 23.3 Å². The van der Waals surface area contributed by atoms with Crippen LogP contribution >= 0.6 is 0 Å². The van der Waals surface area contributed by atoms with Crippen molar-refractivity contribution < 1.29 is 34.2 Å². The van der Waals surface area contributed by atoms with E-state index in [0.29, 0.717) is 25.8 Å². The molecule has 0 aliphatic heterocycles. The molecule has 0 aromatic rings.